The molecule has 1 aromatic rings. The van der Waals surface area contributed by atoms with Crippen LogP contribution in [0.15, 0.2) is 18.3 Å². The number of aliphatic hydroxyl groups is 1. The van der Waals surface area contributed by atoms with E-state index in [0.717, 1.165) is 38.2 Å². The summed E-state index contributed by atoms with van der Waals surface area (Å²) in [7, 11) is 0. The molecule has 2 rings (SSSR count). The van der Waals surface area contributed by atoms with Crippen LogP contribution in [0.2, 0.25) is 0 Å². The van der Waals surface area contributed by atoms with Crippen molar-refractivity contribution in [2.24, 2.45) is 11.8 Å². The van der Waals surface area contributed by atoms with Gasteiger partial charge in [0.1, 0.15) is 6.10 Å². The van der Waals surface area contributed by atoms with Crippen molar-refractivity contribution in [3.05, 3.63) is 18.3 Å². The zero-order chi connectivity index (χ0) is 18.2. The van der Waals surface area contributed by atoms with Crippen LogP contribution in [0.4, 0.5) is 11.5 Å². The standard InChI is InChI=1S/C19H31N3O3/c1-14(2)8-12-25-15(3)19(24)21-17-5-4-9-20-18(17)22-10-6-16(13-23)7-11-22/h4-5,9,14-16,23H,6-8,10-13H2,1-3H3,(H,21,24)/t15-/m1/s1. The van der Waals surface area contributed by atoms with Gasteiger partial charge in [0.2, 0.25) is 0 Å². The minimum absolute atomic E-state index is 0.150. The summed E-state index contributed by atoms with van der Waals surface area (Å²) in [5.74, 6) is 1.57. The highest BCUT2D eigenvalue weighted by Crippen LogP contribution is 2.27. The molecule has 0 bridgehead atoms. The summed E-state index contributed by atoms with van der Waals surface area (Å²) >= 11 is 0. The fourth-order valence-electron chi connectivity index (χ4n) is 2.86. The molecule has 2 heterocycles. The van der Waals surface area contributed by atoms with E-state index in [9.17, 15) is 9.90 Å². The number of pyridine rings is 1. The molecule has 25 heavy (non-hydrogen) atoms. The Kier molecular flexibility index (Phi) is 7.65. The van der Waals surface area contributed by atoms with Crippen molar-refractivity contribution in [2.45, 2.75) is 46.1 Å². The van der Waals surface area contributed by atoms with Gasteiger partial charge in [-0.3, -0.25) is 4.79 Å². The molecule has 1 aromatic heterocycles. The molecule has 140 valence electrons. The van der Waals surface area contributed by atoms with Crippen LogP contribution >= 0.6 is 0 Å². The molecule has 1 aliphatic heterocycles. The molecule has 0 radical (unpaired) electrons. The second-order valence-electron chi connectivity index (χ2n) is 7.17. The van der Waals surface area contributed by atoms with Gasteiger partial charge >= 0.3 is 0 Å². The third kappa shape index (κ3) is 5.97. The Morgan fingerprint density at radius 2 is 2.12 bits per heavy atom. The predicted molar refractivity (Wildman–Crippen MR) is 99.8 cm³/mol. The van der Waals surface area contributed by atoms with E-state index in [1.54, 1.807) is 13.1 Å². The van der Waals surface area contributed by atoms with E-state index in [1.807, 2.05) is 12.1 Å². The first kappa shape index (κ1) is 19.7. The maximum atomic E-state index is 12.4. The molecule has 1 atom stereocenters. The fourth-order valence-corrected chi connectivity index (χ4v) is 2.86. The Bertz CT molecular complexity index is 542. The van der Waals surface area contributed by atoms with Crippen LogP contribution in [0, 0.1) is 11.8 Å². The highest BCUT2D eigenvalue weighted by Gasteiger charge is 2.23. The van der Waals surface area contributed by atoms with Crippen LogP contribution in [-0.4, -0.2) is 48.4 Å². The van der Waals surface area contributed by atoms with E-state index in [4.69, 9.17) is 4.74 Å². The Morgan fingerprint density at radius 1 is 1.40 bits per heavy atom. The van der Waals surface area contributed by atoms with Gasteiger partial charge in [0, 0.05) is 32.5 Å². The summed E-state index contributed by atoms with van der Waals surface area (Å²) in [6.45, 7) is 8.55. The lowest BCUT2D eigenvalue weighted by Gasteiger charge is -2.33. The third-order valence-corrected chi connectivity index (χ3v) is 4.65. The van der Waals surface area contributed by atoms with Gasteiger partial charge in [0.15, 0.2) is 5.82 Å². The third-order valence-electron chi connectivity index (χ3n) is 4.65. The zero-order valence-corrected chi connectivity index (χ0v) is 15.6. The molecule has 0 aromatic carbocycles. The molecular weight excluding hydrogens is 318 g/mol. The quantitative estimate of drug-likeness (QED) is 0.755. The van der Waals surface area contributed by atoms with Crippen molar-refractivity contribution in [1.82, 2.24) is 4.98 Å². The number of aromatic nitrogens is 1. The van der Waals surface area contributed by atoms with E-state index in [0.29, 0.717) is 24.1 Å². The minimum Gasteiger partial charge on any atom is -0.396 e. The molecule has 0 saturated carbocycles. The molecule has 1 saturated heterocycles. The van der Waals surface area contributed by atoms with Gasteiger partial charge in [-0.15, -0.1) is 0 Å². The van der Waals surface area contributed by atoms with Gasteiger partial charge in [0.25, 0.3) is 5.91 Å². The van der Waals surface area contributed by atoms with E-state index in [2.05, 4.69) is 29.0 Å². The lowest BCUT2D eigenvalue weighted by atomic mass is 9.98. The fraction of sp³-hybridized carbons (Fsp3) is 0.684. The monoisotopic (exact) mass is 349 g/mol. The molecular formula is C19H31N3O3. The highest BCUT2D eigenvalue weighted by molar-refractivity contribution is 5.96. The number of nitrogens with one attached hydrogen (secondary N) is 1. The zero-order valence-electron chi connectivity index (χ0n) is 15.6. The minimum atomic E-state index is -0.494. The molecule has 6 nitrogen and oxygen atoms in total. The first-order valence-corrected chi connectivity index (χ1v) is 9.24. The molecule has 6 heteroatoms. The predicted octanol–water partition coefficient (Wildman–Crippen LogP) is 2.68. The van der Waals surface area contributed by atoms with E-state index in [-0.39, 0.29) is 12.5 Å². The van der Waals surface area contributed by atoms with Crippen LogP contribution in [0.25, 0.3) is 0 Å². The maximum Gasteiger partial charge on any atom is 0.253 e. The lowest BCUT2D eigenvalue weighted by molar-refractivity contribution is -0.126. The summed E-state index contributed by atoms with van der Waals surface area (Å²) < 4.78 is 5.63. The van der Waals surface area contributed by atoms with Gasteiger partial charge in [-0.25, -0.2) is 4.98 Å². The number of aliphatic hydroxyl groups excluding tert-OH is 1. The smallest absolute Gasteiger partial charge is 0.253 e. The second-order valence-corrected chi connectivity index (χ2v) is 7.17. The first-order valence-electron chi connectivity index (χ1n) is 9.24. The average molecular weight is 349 g/mol. The van der Waals surface area contributed by atoms with Gasteiger partial charge in [-0.1, -0.05) is 13.8 Å². The van der Waals surface area contributed by atoms with Gasteiger partial charge in [0.05, 0.1) is 5.69 Å². The lowest BCUT2D eigenvalue weighted by Crippen LogP contribution is -2.36. The van der Waals surface area contributed by atoms with Crippen LogP contribution < -0.4 is 10.2 Å². The van der Waals surface area contributed by atoms with Crippen molar-refractivity contribution >= 4 is 17.4 Å². The number of carbonyl (C=O) groups excluding carboxylic acids is 1. The number of hydrogen-bond donors (Lipinski definition) is 2. The normalized spacial score (nSPS) is 16.9. The number of rotatable bonds is 8. The largest absolute Gasteiger partial charge is 0.396 e. The molecule has 2 N–H and O–H groups in total. The Morgan fingerprint density at radius 3 is 2.76 bits per heavy atom. The van der Waals surface area contributed by atoms with Gasteiger partial charge < -0.3 is 20.1 Å². The number of piperidine rings is 1. The molecule has 1 amide bonds. The first-order chi connectivity index (χ1) is 12.0. The van der Waals surface area contributed by atoms with Crippen LogP contribution in [0.5, 0.6) is 0 Å². The summed E-state index contributed by atoms with van der Waals surface area (Å²) in [6.07, 6.45) is 4.07. The van der Waals surface area contributed by atoms with Crippen molar-refractivity contribution in [2.75, 3.05) is 36.5 Å². The summed E-state index contributed by atoms with van der Waals surface area (Å²) in [4.78, 5) is 19.0. The highest BCUT2D eigenvalue weighted by atomic mass is 16.5. The Labute approximate surface area is 150 Å². The molecule has 1 aliphatic rings. The van der Waals surface area contributed by atoms with E-state index in [1.165, 1.54) is 0 Å². The molecule has 0 unspecified atom stereocenters. The number of hydrogen-bond acceptors (Lipinski definition) is 5. The van der Waals surface area contributed by atoms with Crippen molar-refractivity contribution in [3.8, 4) is 0 Å². The SMILES string of the molecule is CC(C)CCO[C@H](C)C(=O)Nc1cccnc1N1CCC(CO)CC1. The van der Waals surface area contributed by atoms with Crippen LogP contribution in [0.1, 0.15) is 40.0 Å². The summed E-state index contributed by atoms with van der Waals surface area (Å²) in [5, 5.41) is 12.2. The van der Waals surface area contributed by atoms with Crippen molar-refractivity contribution in [1.29, 1.82) is 0 Å². The molecule has 0 spiro atoms. The summed E-state index contributed by atoms with van der Waals surface area (Å²) in [5.41, 5.74) is 0.717. The van der Waals surface area contributed by atoms with Crippen LogP contribution in [0.3, 0.4) is 0 Å². The number of amides is 1. The summed E-state index contributed by atoms with van der Waals surface area (Å²) in [6, 6.07) is 3.70. The van der Waals surface area contributed by atoms with Gasteiger partial charge in [-0.2, -0.15) is 0 Å². The Hall–Kier alpha value is -1.66. The van der Waals surface area contributed by atoms with Crippen molar-refractivity contribution in [3.63, 3.8) is 0 Å². The number of anilines is 2. The van der Waals surface area contributed by atoms with Gasteiger partial charge in [-0.05, 0) is 50.2 Å². The van der Waals surface area contributed by atoms with E-state index >= 15 is 0 Å². The topological polar surface area (TPSA) is 74.7 Å². The van der Waals surface area contributed by atoms with Crippen LogP contribution in [-0.2, 0) is 9.53 Å². The second kappa shape index (κ2) is 9.73. The average Bonchev–Trinajstić information content (AvgIpc) is 2.62. The molecule has 0 aliphatic carbocycles. The Balaban J connectivity index is 1.94. The maximum absolute atomic E-state index is 12.4. The van der Waals surface area contributed by atoms with E-state index < -0.39 is 6.10 Å². The number of carbonyl (C=O) groups is 1. The van der Waals surface area contributed by atoms with Crippen molar-refractivity contribution < 1.29 is 14.6 Å². The number of nitrogens with zero attached hydrogens (tertiary/aromatic N) is 2. The molecule has 1 fully saturated rings. The number of ether oxygens (including phenoxy) is 1.